The zero-order chi connectivity index (χ0) is 10.6. The Labute approximate surface area is 80.7 Å². The standard InChI is InChI=1S/C9H8N2O3/c1-14-9-3-2-7(4-5-10)6-8(9)11(12)13/h2-3,6H,4H2,1H3. The predicted octanol–water partition coefficient (Wildman–Crippen LogP) is 1.67. The maximum absolute atomic E-state index is 10.6. The molecule has 0 aliphatic carbocycles. The first kappa shape index (κ1) is 9.99. The molecule has 0 unspecified atom stereocenters. The number of hydrogen-bond acceptors (Lipinski definition) is 4. The fourth-order valence-electron chi connectivity index (χ4n) is 1.08. The highest BCUT2D eigenvalue weighted by Gasteiger charge is 2.14. The monoisotopic (exact) mass is 192 g/mol. The van der Waals surface area contributed by atoms with E-state index >= 15 is 0 Å². The Hall–Kier alpha value is -2.09. The maximum atomic E-state index is 10.6. The third-order valence-electron chi connectivity index (χ3n) is 1.72. The molecule has 0 saturated heterocycles. The molecule has 0 spiro atoms. The lowest BCUT2D eigenvalue weighted by atomic mass is 10.1. The van der Waals surface area contributed by atoms with E-state index in [9.17, 15) is 10.1 Å². The molecule has 0 aromatic heterocycles. The summed E-state index contributed by atoms with van der Waals surface area (Å²) in [5.74, 6) is 0.205. The molecule has 0 aliphatic rings. The second-order valence-electron chi connectivity index (χ2n) is 2.60. The van der Waals surface area contributed by atoms with Gasteiger partial charge in [0.1, 0.15) is 0 Å². The van der Waals surface area contributed by atoms with E-state index in [0.717, 1.165) is 0 Å². The molecule has 0 bridgehead atoms. The maximum Gasteiger partial charge on any atom is 0.311 e. The van der Waals surface area contributed by atoms with Gasteiger partial charge in [-0.15, -0.1) is 0 Å². The Morgan fingerprint density at radius 2 is 2.36 bits per heavy atom. The van der Waals surface area contributed by atoms with Gasteiger partial charge in [-0.25, -0.2) is 0 Å². The topological polar surface area (TPSA) is 76.2 Å². The van der Waals surface area contributed by atoms with Crippen molar-refractivity contribution < 1.29 is 9.66 Å². The van der Waals surface area contributed by atoms with E-state index < -0.39 is 4.92 Å². The molecule has 0 atom stereocenters. The summed E-state index contributed by atoms with van der Waals surface area (Å²) in [5, 5.41) is 19.0. The molecule has 1 aromatic rings. The summed E-state index contributed by atoms with van der Waals surface area (Å²) in [6, 6.07) is 6.40. The highest BCUT2D eigenvalue weighted by atomic mass is 16.6. The highest BCUT2D eigenvalue weighted by Crippen LogP contribution is 2.27. The number of hydrogen-bond donors (Lipinski definition) is 0. The van der Waals surface area contributed by atoms with Crippen LogP contribution in [0.15, 0.2) is 18.2 Å². The third kappa shape index (κ3) is 1.98. The van der Waals surface area contributed by atoms with Crippen molar-refractivity contribution in [2.24, 2.45) is 0 Å². The molecule has 0 radical (unpaired) electrons. The molecule has 72 valence electrons. The second kappa shape index (κ2) is 4.23. The minimum absolute atomic E-state index is 0.111. The van der Waals surface area contributed by atoms with E-state index in [-0.39, 0.29) is 17.9 Å². The van der Waals surface area contributed by atoms with Crippen LogP contribution in [0.1, 0.15) is 5.56 Å². The number of nitrogens with zero attached hydrogens (tertiary/aromatic N) is 2. The Morgan fingerprint density at radius 3 is 2.86 bits per heavy atom. The van der Waals surface area contributed by atoms with E-state index in [0.29, 0.717) is 5.56 Å². The van der Waals surface area contributed by atoms with Crippen LogP contribution in [0.3, 0.4) is 0 Å². The predicted molar refractivity (Wildman–Crippen MR) is 49.0 cm³/mol. The Bertz CT molecular complexity index is 396. The third-order valence-corrected chi connectivity index (χ3v) is 1.72. The molecular formula is C9H8N2O3. The van der Waals surface area contributed by atoms with Crippen LogP contribution >= 0.6 is 0 Å². The van der Waals surface area contributed by atoms with Gasteiger partial charge in [0.2, 0.25) is 0 Å². The smallest absolute Gasteiger partial charge is 0.311 e. The molecule has 14 heavy (non-hydrogen) atoms. The number of rotatable bonds is 3. The van der Waals surface area contributed by atoms with E-state index in [1.165, 1.54) is 19.2 Å². The number of nitro benzene ring substituents is 1. The van der Waals surface area contributed by atoms with Crippen molar-refractivity contribution in [3.05, 3.63) is 33.9 Å². The van der Waals surface area contributed by atoms with Crippen LogP contribution in [0.5, 0.6) is 5.75 Å². The molecule has 1 rings (SSSR count). The summed E-state index contributed by atoms with van der Waals surface area (Å²) in [6.45, 7) is 0. The summed E-state index contributed by atoms with van der Waals surface area (Å²) >= 11 is 0. The largest absolute Gasteiger partial charge is 0.490 e. The van der Waals surface area contributed by atoms with Gasteiger partial charge in [0.25, 0.3) is 0 Å². The van der Waals surface area contributed by atoms with Gasteiger partial charge in [0, 0.05) is 6.07 Å². The van der Waals surface area contributed by atoms with Gasteiger partial charge >= 0.3 is 5.69 Å². The minimum atomic E-state index is -0.528. The molecule has 1 aromatic carbocycles. The second-order valence-corrected chi connectivity index (χ2v) is 2.60. The van der Waals surface area contributed by atoms with Crippen molar-refractivity contribution in [3.63, 3.8) is 0 Å². The van der Waals surface area contributed by atoms with Crippen LogP contribution in [-0.2, 0) is 6.42 Å². The molecular weight excluding hydrogens is 184 g/mol. The lowest BCUT2D eigenvalue weighted by molar-refractivity contribution is -0.385. The van der Waals surface area contributed by atoms with Crippen molar-refractivity contribution in [2.75, 3.05) is 7.11 Å². The number of benzene rings is 1. The van der Waals surface area contributed by atoms with Gasteiger partial charge in [-0.3, -0.25) is 10.1 Å². The van der Waals surface area contributed by atoms with Crippen molar-refractivity contribution in [1.82, 2.24) is 0 Å². The Balaban J connectivity index is 3.15. The normalized spacial score (nSPS) is 9.14. The summed E-state index contributed by atoms with van der Waals surface area (Å²) in [4.78, 5) is 10.1. The lowest BCUT2D eigenvalue weighted by Crippen LogP contribution is -1.95. The van der Waals surface area contributed by atoms with Gasteiger partial charge in [0.15, 0.2) is 5.75 Å². The molecule has 0 fully saturated rings. The van der Waals surface area contributed by atoms with Gasteiger partial charge in [0.05, 0.1) is 24.5 Å². The van der Waals surface area contributed by atoms with Crippen LogP contribution in [0, 0.1) is 21.4 Å². The number of ether oxygens (including phenoxy) is 1. The summed E-state index contributed by atoms with van der Waals surface area (Å²) in [7, 11) is 1.37. The van der Waals surface area contributed by atoms with Crippen LogP contribution in [0.2, 0.25) is 0 Å². The number of methoxy groups -OCH3 is 1. The zero-order valence-electron chi connectivity index (χ0n) is 7.56. The molecule has 0 amide bonds. The van der Waals surface area contributed by atoms with Crippen molar-refractivity contribution in [1.29, 1.82) is 5.26 Å². The highest BCUT2D eigenvalue weighted by molar-refractivity contribution is 5.49. The van der Waals surface area contributed by atoms with Crippen molar-refractivity contribution in [3.8, 4) is 11.8 Å². The van der Waals surface area contributed by atoms with E-state index in [2.05, 4.69) is 0 Å². The fraction of sp³-hybridized carbons (Fsp3) is 0.222. The van der Waals surface area contributed by atoms with Gasteiger partial charge in [-0.1, -0.05) is 6.07 Å². The number of nitriles is 1. The first-order valence-electron chi connectivity index (χ1n) is 3.87. The van der Waals surface area contributed by atoms with Gasteiger partial charge in [-0.05, 0) is 11.6 Å². The summed E-state index contributed by atoms with van der Waals surface area (Å²) < 4.78 is 4.82. The fourth-order valence-corrected chi connectivity index (χ4v) is 1.08. The van der Waals surface area contributed by atoms with Crippen LogP contribution < -0.4 is 4.74 Å². The van der Waals surface area contributed by atoms with E-state index in [1.54, 1.807) is 6.07 Å². The Morgan fingerprint density at radius 1 is 1.64 bits per heavy atom. The molecule has 0 saturated carbocycles. The molecule has 0 N–H and O–H groups in total. The van der Waals surface area contributed by atoms with E-state index in [1.807, 2.05) is 6.07 Å². The lowest BCUT2D eigenvalue weighted by Gasteiger charge is -2.01. The molecule has 5 nitrogen and oxygen atoms in total. The van der Waals surface area contributed by atoms with Crippen molar-refractivity contribution in [2.45, 2.75) is 6.42 Å². The van der Waals surface area contributed by atoms with Crippen molar-refractivity contribution >= 4 is 5.69 Å². The summed E-state index contributed by atoms with van der Waals surface area (Å²) in [5.41, 5.74) is 0.500. The van der Waals surface area contributed by atoms with Crippen LogP contribution in [-0.4, -0.2) is 12.0 Å². The Kier molecular flexibility index (Phi) is 3.02. The number of nitro groups is 1. The first-order chi connectivity index (χ1) is 6.69. The zero-order valence-corrected chi connectivity index (χ0v) is 7.56. The van der Waals surface area contributed by atoms with E-state index in [4.69, 9.17) is 10.00 Å². The molecule has 5 heteroatoms. The molecule has 0 aliphatic heterocycles. The van der Waals surface area contributed by atoms with Crippen LogP contribution in [0.4, 0.5) is 5.69 Å². The SMILES string of the molecule is COc1ccc(CC#N)cc1[N+](=O)[O-]. The average molecular weight is 192 g/mol. The first-order valence-corrected chi connectivity index (χ1v) is 3.87. The molecule has 0 heterocycles. The van der Waals surface area contributed by atoms with Gasteiger partial charge < -0.3 is 4.74 Å². The summed E-state index contributed by atoms with van der Waals surface area (Å²) in [6.07, 6.45) is 0.158. The average Bonchev–Trinajstić information content (AvgIpc) is 2.18. The minimum Gasteiger partial charge on any atom is -0.490 e. The van der Waals surface area contributed by atoms with Crippen LogP contribution in [0.25, 0.3) is 0 Å². The van der Waals surface area contributed by atoms with Gasteiger partial charge in [-0.2, -0.15) is 5.26 Å². The quantitative estimate of drug-likeness (QED) is 0.539.